The molecule has 2 nitrogen and oxygen atoms in total. The summed E-state index contributed by atoms with van der Waals surface area (Å²) < 4.78 is 38.2. The van der Waals surface area contributed by atoms with Crippen LogP contribution in [0.15, 0.2) is 24.3 Å². The Balaban J connectivity index is 1.96. The largest absolute Gasteiger partial charge is 0.416 e. The summed E-state index contributed by atoms with van der Waals surface area (Å²) in [6.07, 6.45) is -1.91. The topological polar surface area (TPSA) is 15.3 Å². The van der Waals surface area contributed by atoms with Crippen molar-refractivity contribution in [2.75, 3.05) is 19.6 Å². The summed E-state index contributed by atoms with van der Waals surface area (Å²) in [5, 5.41) is 3.37. The van der Waals surface area contributed by atoms with Gasteiger partial charge in [-0.2, -0.15) is 13.2 Å². The summed E-state index contributed by atoms with van der Waals surface area (Å²) in [6, 6.07) is 6.01. The van der Waals surface area contributed by atoms with Gasteiger partial charge in [0.1, 0.15) is 0 Å². The van der Waals surface area contributed by atoms with Crippen LogP contribution in [-0.2, 0) is 6.18 Å². The third-order valence-corrected chi connectivity index (χ3v) is 4.28. The van der Waals surface area contributed by atoms with E-state index in [4.69, 9.17) is 0 Å². The molecule has 0 saturated carbocycles. The number of benzene rings is 1. The first-order valence-electron chi connectivity index (χ1n) is 7.56. The third-order valence-electron chi connectivity index (χ3n) is 4.28. The molecule has 2 rings (SSSR count). The molecule has 118 valence electrons. The fourth-order valence-electron chi connectivity index (χ4n) is 2.96. The fourth-order valence-corrected chi connectivity index (χ4v) is 2.96. The van der Waals surface area contributed by atoms with Crippen molar-refractivity contribution in [1.82, 2.24) is 10.2 Å². The van der Waals surface area contributed by atoms with E-state index < -0.39 is 11.7 Å². The Morgan fingerprint density at radius 3 is 2.81 bits per heavy atom. The van der Waals surface area contributed by atoms with Crippen LogP contribution in [0.25, 0.3) is 0 Å². The molecule has 2 unspecified atom stereocenters. The van der Waals surface area contributed by atoms with Gasteiger partial charge in [-0.15, -0.1) is 0 Å². The van der Waals surface area contributed by atoms with Gasteiger partial charge >= 0.3 is 6.18 Å². The Bertz CT molecular complexity index is 459. The van der Waals surface area contributed by atoms with Gasteiger partial charge in [0.25, 0.3) is 0 Å². The summed E-state index contributed by atoms with van der Waals surface area (Å²) in [7, 11) is 0. The molecule has 1 saturated heterocycles. The molecule has 1 aromatic carbocycles. The number of likely N-dealkylation sites (tertiary alicyclic amines) is 1. The van der Waals surface area contributed by atoms with Crippen molar-refractivity contribution in [2.24, 2.45) is 0 Å². The van der Waals surface area contributed by atoms with Crippen molar-refractivity contribution in [2.45, 2.75) is 44.9 Å². The van der Waals surface area contributed by atoms with E-state index in [2.05, 4.69) is 17.1 Å². The van der Waals surface area contributed by atoms with Crippen molar-refractivity contribution >= 4 is 0 Å². The molecule has 1 N–H and O–H groups in total. The van der Waals surface area contributed by atoms with E-state index in [-0.39, 0.29) is 6.04 Å². The molecule has 0 bridgehead atoms. The number of hydrogen-bond acceptors (Lipinski definition) is 2. The molecule has 0 aromatic heterocycles. The number of rotatable bonds is 5. The van der Waals surface area contributed by atoms with Crippen LogP contribution < -0.4 is 5.32 Å². The van der Waals surface area contributed by atoms with E-state index >= 15 is 0 Å². The lowest BCUT2D eigenvalue weighted by molar-refractivity contribution is -0.137. The first-order chi connectivity index (χ1) is 9.91. The highest BCUT2D eigenvalue weighted by Gasteiger charge is 2.30. The van der Waals surface area contributed by atoms with Gasteiger partial charge in [0.2, 0.25) is 0 Å². The van der Waals surface area contributed by atoms with Crippen molar-refractivity contribution in [3.8, 4) is 0 Å². The van der Waals surface area contributed by atoms with Gasteiger partial charge in [-0.1, -0.05) is 19.1 Å². The molecule has 0 amide bonds. The van der Waals surface area contributed by atoms with E-state index in [1.54, 1.807) is 6.07 Å². The first kappa shape index (κ1) is 16.3. The molecule has 1 aliphatic heterocycles. The second kappa shape index (κ2) is 6.79. The highest BCUT2D eigenvalue weighted by atomic mass is 19.4. The summed E-state index contributed by atoms with van der Waals surface area (Å²) >= 11 is 0. The second-order valence-corrected chi connectivity index (χ2v) is 5.68. The molecule has 1 aromatic rings. The quantitative estimate of drug-likeness (QED) is 0.889. The van der Waals surface area contributed by atoms with Gasteiger partial charge in [-0.05, 0) is 50.6 Å². The monoisotopic (exact) mass is 300 g/mol. The van der Waals surface area contributed by atoms with Gasteiger partial charge in [0, 0.05) is 18.6 Å². The number of nitrogens with one attached hydrogen (secondary N) is 1. The predicted octanol–water partition coefficient (Wildman–Crippen LogP) is 3.84. The number of nitrogens with zero attached hydrogens (tertiary/aromatic N) is 1. The fraction of sp³-hybridized carbons (Fsp3) is 0.625. The maximum atomic E-state index is 12.7. The van der Waals surface area contributed by atoms with E-state index in [1.807, 2.05) is 6.92 Å². The Hall–Kier alpha value is -1.07. The highest BCUT2D eigenvalue weighted by Crippen LogP contribution is 2.30. The zero-order valence-electron chi connectivity index (χ0n) is 12.6. The summed E-state index contributed by atoms with van der Waals surface area (Å²) in [6.45, 7) is 7.05. The lowest BCUT2D eigenvalue weighted by atomic mass is 10.0. The number of halogens is 3. The molecule has 1 fully saturated rings. The van der Waals surface area contributed by atoms with E-state index in [9.17, 15) is 13.2 Å². The summed E-state index contributed by atoms with van der Waals surface area (Å²) in [5.74, 6) is 0. The van der Waals surface area contributed by atoms with E-state index in [0.29, 0.717) is 11.6 Å². The van der Waals surface area contributed by atoms with Crippen molar-refractivity contribution < 1.29 is 13.2 Å². The van der Waals surface area contributed by atoms with E-state index in [0.717, 1.165) is 32.1 Å². The van der Waals surface area contributed by atoms with Gasteiger partial charge in [-0.25, -0.2) is 0 Å². The van der Waals surface area contributed by atoms with Crippen molar-refractivity contribution in [3.05, 3.63) is 35.4 Å². The van der Waals surface area contributed by atoms with Crippen LogP contribution in [0.3, 0.4) is 0 Å². The maximum absolute atomic E-state index is 12.7. The smallest absolute Gasteiger partial charge is 0.309 e. The Labute approximate surface area is 124 Å². The van der Waals surface area contributed by atoms with Gasteiger partial charge in [0.05, 0.1) is 5.56 Å². The highest BCUT2D eigenvalue weighted by molar-refractivity contribution is 5.27. The molecular formula is C16H23F3N2. The number of likely N-dealkylation sites (N-methyl/N-ethyl adjacent to an activating group) is 1. The first-order valence-corrected chi connectivity index (χ1v) is 7.56. The molecule has 21 heavy (non-hydrogen) atoms. The van der Waals surface area contributed by atoms with Crippen LogP contribution in [0.5, 0.6) is 0 Å². The Morgan fingerprint density at radius 2 is 2.14 bits per heavy atom. The van der Waals surface area contributed by atoms with Crippen LogP contribution in [0.4, 0.5) is 13.2 Å². The van der Waals surface area contributed by atoms with E-state index in [1.165, 1.54) is 18.6 Å². The Kier molecular flexibility index (Phi) is 5.27. The zero-order chi connectivity index (χ0) is 15.5. The molecule has 1 heterocycles. The normalized spacial score (nSPS) is 21.7. The van der Waals surface area contributed by atoms with Gasteiger partial charge in [0.15, 0.2) is 0 Å². The van der Waals surface area contributed by atoms with Crippen LogP contribution in [0, 0.1) is 0 Å². The minimum Gasteiger partial charge on any atom is -0.309 e. The molecule has 0 spiro atoms. The third kappa shape index (κ3) is 4.20. The predicted molar refractivity (Wildman–Crippen MR) is 78.1 cm³/mol. The average Bonchev–Trinajstić information content (AvgIpc) is 2.91. The molecule has 2 atom stereocenters. The minimum atomic E-state index is -4.28. The van der Waals surface area contributed by atoms with Gasteiger partial charge in [-0.3, -0.25) is 4.90 Å². The lowest BCUT2D eigenvalue weighted by Crippen LogP contribution is -2.38. The van der Waals surface area contributed by atoms with Crippen molar-refractivity contribution in [1.29, 1.82) is 0 Å². The number of hydrogen-bond donors (Lipinski definition) is 1. The number of alkyl halides is 3. The second-order valence-electron chi connectivity index (χ2n) is 5.68. The standard InChI is InChI=1S/C16H23F3N2/c1-3-21-9-5-8-15(21)11-20-12(2)13-6-4-7-14(10-13)16(17,18)19/h4,6-7,10,12,15,20H,3,5,8-9,11H2,1-2H3. The lowest BCUT2D eigenvalue weighted by Gasteiger charge is -2.25. The molecule has 0 aliphatic carbocycles. The SMILES string of the molecule is CCN1CCCC1CNC(C)c1cccc(C(F)(F)F)c1. The van der Waals surface area contributed by atoms with Gasteiger partial charge < -0.3 is 5.32 Å². The molecule has 0 radical (unpaired) electrons. The molecular weight excluding hydrogens is 277 g/mol. The molecule has 1 aliphatic rings. The van der Waals surface area contributed by atoms with Crippen LogP contribution in [0.2, 0.25) is 0 Å². The maximum Gasteiger partial charge on any atom is 0.416 e. The summed E-state index contributed by atoms with van der Waals surface area (Å²) in [4.78, 5) is 2.42. The molecule has 5 heteroatoms. The zero-order valence-corrected chi connectivity index (χ0v) is 12.6. The Morgan fingerprint density at radius 1 is 1.38 bits per heavy atom. The van der Waals surface area contributed by atoms with Crippen LogP contribution in [0.1, 0.15) is 43.9 Å². The van der Waals surface area contributed by atoms with Crippen LogP contribution in [-0.4, -0.2) is 30.6 Å². The summed E-state index contributed by atoms with van der Waals surface area (Å²) in [5.41, 5.74) is 0.107. The average molecular weight is 300 g/mol. The van der Waals surface area contributed by atoms with Crippen LogP contribution >= 0.6 is 0 Å². The minimum absolute atomic E-state index is 0.0772. The van der Waals surface area contributed by atoms with Crippen molar-refractivity contribution in [3.63, 3.8) is 0 Å².